The van der Waals surface area contributed by atoms with Gasteiger partial charge >= 0.3 is 0 Å². The summed E-state index contributed by atoms with van der Waals surface area (Å²) in [4.78, 5) is 15.8. The third-order valence-corrected chi connectivity index (χ3v) is 4.11. The van der Waals surface area contributed by atoms with Crippen LogP contribution in [0.15, 0.2) is 18.6 Å². The normalized spacial score (nSPS) is 26.7. The van der Waals surface area contributed by atoms with Gasteiger partial charge in [-0.2, -0.15) is 0 Å². The number of hydrogen-bond donors (Lipinski definition) is 0. The van der Waals surface area contributed by atoms with E-state index in [9.17, 15) is 0 Å². The molecule has 1 atom stereocenters. The number of nitrogens with zero attached hydrogens (tertiary/aromatic N) is 5. The summed E-state index contributed by atoms with van der Waals surface area (Å²) in [6.07, 6.45) is 4.72. The Morgan fingerprint density at radius 3 is 2.72 bits per heavy atom. The molecule has 5 nitrogen and oxygen atoms in total. The van der Waals surface area contributed by atoms with Crippen molar-refractivity contribution in [2.75, 3.05) is 51.2 Å². The molecular formula is C13H21N5. The summed E-state index contributed by atoms with van der Waals surface area (Å²) in [7, 11) is 2.21. The maximum Gasteiger partial charge on any atom is 0.131 e. The van der Waals surface area contributed by atoms with Crippen LogP contribution in [0.1, 0.15) is 6.42 Å². The molecule has 0 aromatic carbocycles. The molecule has 0 N–H and O–H groups in total. The lowest BCUT2D eigenvalue weighted by Gasteiger charge is -2.36. The summed E-state index contributed by atoms with van der Waals surface area (Å²) in [6.45, 7) is 7.04. The Kier molecular flexibility index (Phi) is 3.43. The van der Waals surface area contributed by atoms with Crippen LogP contribution >= 0.6 is 0 Å². The third-order valence-electron chi connectivity index (χ3n) is 4.11. The predicted octanol–water partition coefficient (Wildman–Crippen LogP) is 0.303. The first-order chi connectivity index (χ1) is 8.83. The Morgan fingerprint density at radius 1 is 1.17 bits per heavy atom. The first-order valence-corrected chi connectivity index (χ1v) is 6.76. The van der Waals surface area contributed by atoms with Crippen molar-refractivity contribution in [2.45, 2.75) is 12.5 Å². The zero-order valence-corrected chi connectivity index (χ0v) is 11.0. The van der Waals surface area contributed by atoms with Crippen molar-refractivity contribution in [1.82, 2.24) is 19.8 Å². The van der Waals surface area contributed by atoms with Gasteiger partial charge in [-0.15, -0.1) is 0 Å². The molecule has 0 aliphatic carbocycles. The van der Waals surface area contributed by atoms with E-state index in [4.69, 9.17) is 0 Å². The second kappa shape index (κ2) is 5.20. The molecule has 1 aromatic heterocycles. The number of likely N-dealkylation sites (N-methyl/N-ethyl adjacent to an activating group) is 1. The lowest BCUT2D eigenvalue weighted by Crippen LogP contribution is -2.49. The number of hydrogen-bond acceptors (Lipinski definition) is 5. The van der Waals surface area contributed by atoms with Crippen molar-refractivity contribution in [3.8, 4) is 0 Å². The second-order valence-electron chi connectivity index (χ2n) is 5.30. The van der Waals surface area contributed by atoms with Crippen LogP contribution in [0.25, 0.3) is 0 Å². The molecule has 0 radical (unpaired) electrons. The minimum Gasteiger partial charge on any atom is -0.355 e. The molecule has 2 saturated heterocycles. The van der Waals surface area contributed by atoms with E-state index in [0.29, 0.717) is 6.04 Å². The van der Waals surface area contributed by atoms with Crippen molar-refractivity contribution in [3.63, 3.8) is 0 Å². The third kappa shape index (κ3) is 2.47. The summed E-state index contributed by atoms with van der Waals surface area (Å²) < 4.78 is 0. The SMILES string of the molecule is CN1CCN(C2CCN(c3ccncn3)C2)CC1. The Hall–Kier alpha value is -1.20. The van der Waals surface area contributed by atoms with Crippen molar-refractivity contribution in [3.05, 3.63) is 18.6 Å². The molecule has 3 heterocycles. The lowest BCUT2D eigenvalue weighted by atomic mass is 10.2. The van der Waals surface area contributed by atoms with E-state index in [-0.39, 0.29) is 0 Å². The van der Waals surface area contributed by atoms with Gasteiger partial charge in [0.25, 0.3) is 0 Å². The standard InChI is InChI=1S/C13H21N5/c1-16-6-8-17(9-7-16)12-3-5-18(10-12)13-2-4-14-11-15-13/h2,4,11-12H,3,5-10H2,1H3. The molecule has 5 heteroatoms. The summed E-state index contributed by atoms with van der Waals surface area (Å²) in [5, 5.41) is 0. The Bertz CT molecular complexity index is 374. The molecule has 1 unspecified atom stereocenters. The molecule has 0 spiro atoms. The monoisotopic (exact) mass is 247 g/mol. The molecule has 2 aliphatic rings. The van der Waals surface area contributed by atoms with Gasteiger partial charge in [0.1, 0.15) is 12.1 Å². The van der Waals surface area contributed by atoms with Gasteiger partial charge in [0.05, 0.1) is 0 Å². The summed E-state index contributed by atoms with van der Waals surface area (Å²) in [6, 6.07) is 2.71. The molecule has 98 valence electrons. The topological polar surface area (TPSA) is 35.5 Å². The summed E-state index contributed by atoms with van der Waals surface area (Å²) in [5.41, 5.74) is 0. The van der Waals surface area contributed by atoms with Crippen molar-refractivity contribution < 1.29 is 0 Å². The van der Waals surface area contributed by atoms with Crippen LogP contribution in [0, 0.1) is 0 Å². The number of anilines is 1. The van der Waals surface area contributed by atoms with E-state index in [1.165, 1.54) is 32.6 Å². The predicted molar refractivity (Wildman–Crippen MR) is 71.7 cm³/mol. The van der Waals surface area contributed by atoms with Gasteiger partial charge in [-0.25, -0.2) is 9.97 Å². The van der Waals surface area contributed by atoms with Crippen LogP contribution in [0.4, 0.5) is 5.82 Å². The minimum absolute atomic E-state index is 0.702. The highest BCUT2D eigenvalue weighted by molar-refractivity contribution is 5.38. The second-order valence-corrected chi connectivity index (χ2v) is 5.30. The Morgan fingerprint density at radius 2 is 2.00 bits per heavy atom. The molecule has 2 fully saturated rings. The molecule has 0 saturated carbocycles. The van der Waals surface area contributed by atoms with Crippen LogP contribution in [-0.4, -0.2) is 72.1 Å². The van der Waals surface area contributed by atoms with Gasteiger partial charge in [-0.05, 0) is 19.5 Å². The first kappa shape index (κ1) is 11.9. The van der Waals surface area contributed by atoms with Gasteiger partial charge in [-0.3, -0.25) is 4.90 Å². The smallest absolute Gasteiger partial charge is 0.131 e. The zero-order chi connectivity index (χ0) is 12.4. The van der Waals surface area contributed by atoms with Crippen molar-refractivity contribution in [1.29, 1.82) is 0 Å². The summed E-state index contributed by atoms with van der Waals surface area (Å²) in [5.74, 6) is 1.07. The van der Waals surface area contributed by atoms with E-state index in [1.807, 2.05) is 12.3 Å². The number of aromatic nitrogens is 2. The average molecular weight is 247 g/mol. The molecule has 1 aromatic rings. The Labute approximate surface area is 108 Å². The molecule has 0 amide bonds. The molecule has 2 aliphatic heterocycles. The van der Waals surface area contributed by atoms with Crippen LogP contribution in [0.2, 0.25) is 0 Å². The highest BCUT2D eigenvalue weighted by Crippen LogP contribution is 2.21. The first-order valence-electron chi connectivity index (χ1n) is 6.76. The van der Waals surface area contributed by atoms with Crippen LogP contribution in [0.3, 0.4) is 0 Å². The van der Waals surface area contributed by atoms with Gasteiger partial charge in [0.2, 0.25) is 0 Å². The fourth-order valence-electron chi connectivity index (χ4n) is 2.91. The molecule has 18 heavy (non-hydrogen) atoms. The van der Waals surface area contributed by atoms with E-state index in [2.05, 4.69) is 31.7 Å². The Balaban J connectivity index is 1.58. The molecular weight excluding hydrogens is 226 g/mol. The van der Waals surface area contributed by atoms with Gasteiger partial charge in [0, 0.05) is 51.5 Å². The van der Waals surface area contributed by atoms with E-state index in [0.717, 1.165) is 18.9 Å². The minimum atomic E-state index is 0.702. The van der Waals surface area contributed by atoms with Crippen molar-refractivity contribution >= 4 is 5.82 Å². The fraction of sp³-hybridized carbons (Fsp3) is 0.692. The van der Waals surface area contributed by atoms with Gasteiger partial charge < -0.3 is 9.80 Å². The van der Waals surface area contributed by atoms with Gasteiger partial charge in [0.15, 0.2) is 0 Å². The number of rotatable bonds is 2. The van der Waals surface area contributed by atoms with E-state index < -0.39 is 0 Å². The van der Waals surface area contributed by atoms with E-state index in [1.54, 1.807) is 6.33 Å². The molecule has 0 bridgehead atoms. The van der Waals surface area contributed by atoms with Gasteiger partial charge in [-0.1, -0.05) is 0 Å². The maximum atomic E-state index is 4.34. The fourth-order valence-corrected chi connectivity index (χ4v) is 2.91. The maximum absolute atomic E-state index is 4.34. The van der Waals surface area contributed by atoms with Crippen LogP contribution < -0.4 is 4.90 Å². The lowest BCUT2D eigenvalue weighted by molar-refractivity contribution is 0.120. The summed E-state index contributed by atoms with van der Waals surface area (Å²) >= 11 is 0. The van der Waals surface area contributed by atoms with Crippen molar-refractivity contribution in [2.24, 2.45) is 0 Å². The highest BCUT2D eigenvalue weighted by Gasteiger charge is 2.29. The quantitative estimate of drug-likeness (QED) is 0.751. The average Bonchev–Trinajstić information content (AvgIpc) is 2.90. The van der Waals surface area contributed by atoms with E-state index >= 15 is 0 Å². The number of piperazine rings is 1. The van der Waals surface area contributed by atoms with Crippen LogP contribution in [0.5, 0.6) is 0 Å². The molecule has 3 rings (SSSR count). The zero-order valence-electron chi connectivity index (χ0n) is 11.0. The van der Waals surface area contributed by atoms with Crippen LogP contribution in [-0.2, 0) is 0 Å². The largest absolute Gasteiger partial charge is 0.355 e. The highest BCUT2D eigenvalue weighted by atomic mass is 15.3.